The highest BCUT2D eigenvalue weighted by Gasteiger charge is 2.34. The normalized spacial score (nSPS) is 11.8. The SMILES string of the molecule is CCCCNC(=O)C(Cc1ccccc1)N(Cc1ccc(F)cc1)C(=O)CN(c1ccc(OC)cc1)S(=O)(=O)c1ccc(C)cc1. The number of unbranched alkanes of at least 4 members (excludes halogenated alkanes) is 1. The lowest BCUT2D eigenvalue weighted by Crippen LogP contribution is -2.53. The van der Waals surface area contributed by atoms with Crippen molar-refractivity contribution in [3.63, 3.8) is 0 Å². The molecule has 0 saturated heterocycles. The molecule has 0 aliphatic carbocycles. The van der Waals surface area contributed by atoms with Gasteiger partial charge in [0.25, 0.3) is 10.0 Å². The van der Waals surface area contributed by atoms with Gasteiger partial charge in [0.1, 0.15) is 24.2 Å². The number of carbonyl (C=O) groups is 2. The van der Waals surface area contributed by atoms with Gasteiger partial charge in [0, 0.05) is 19.5 Å². The number of ether oxygens (including phenoxy) is 1. The number of amides is 2. The van der Waals surface area contributed by atoms with E-state index in [0.29, 0.717) is 17.9 Å². The number of anilines is 1. The van der Waals surface area contributed by atoms with Gasteiger partial charge in [0.15, 0.2) is 0 Å². The Bertz CT molecular complexity index is 1680. The van der Waals surface area contributed by atoms with Crippen LogP contribution in [0.5, 0.6) is 5.75 Å². The van der Waals surface area contributed by atoms with Crippen LogP contribution < -0.4 is 14.4 Å². The van der Waals surface area contributed by atoms with E-state index in [0.717, 1.165) is 28.3 Å². The lowest BCUT2D eigenvalue weighted by Gasteiger charge is -2.34. The van der Waals surface area contributed by atoms with Gasteiger partial charge in [-0.05, 0) is 73.0 Å². The van der Waals surface area contributed by atoms with Gasteiger partial charge in [0.2, 0.25) is 11.8 Å². The molecule has 0 heterocycles. The number of hydrogen-bond donors (Lipinski definition) is 1. The van der Waals surface area contributed by atoms with E-state index in [9.17, 15) is 22.4 Å². The van der Waals surface area contributed by atoms with Gasteiger partial charge in [0.05, 0.1) is 17.7 Å². The minimum atomic E-state index is -4.23. The van der Waals surface area contributed by atoms with Crippen molar-refractivity contribution in [3.8, 4) is 5.75 Å². The van der Waals surface area contributed by atoms with E-state index in [1.165, 1.54) is 36.3 Å². The second-order valence-corrected chi connectivity index (χ2v) is 12.9. The van der Waals surface area contributed by atoms with Crippen LogP contribution >= 0.6 is 0 Å². The van der Waals surface area contributed by atoms with Crippen LogP contribution in [-0.2, 0) is 32.6 Å². The maximum atomic E-state index is 14.5. The van der Waals surface area contributed by atoms with Crippen molar-refractivity contribution in [1.82, 2.24) is 10.2 Å². The maximum absolute atomic E-state index is 14.5. The first kappa shape index (κ1) is 34.2. The lowest BCUT2D eigenvalue weighted by molar-refractivity contribution is -0.140. The quantitative estimate of drug-likeness (QED) is 0.163. The summed E-state index contributed by atoms with van der Waals surface area (Å²) in [5, 5.41) is 2.95. The van der Waals surface area contributed by atoms with Gasteiger partial charge in [-0.3, -0.25) is 13.9 Å². The molecule has 0 bridgehead atoms. The van der Waals surface area contributed by atoms with Gasteiger partial charge >= 0.3 is 0 Å². The molecule has 1 N–H and O–H groups in total. The summed E-state index contributed by atoms with van der Waals surface area (Å²) >= 11 is 0. The van der Waals surface area contributed by atoms with Crippen LogP contribution in [0.1, 0.15) is 36.5 Å². The molecule has 0 saturated carbocycles. The predicted molar refractivity (Wildman–Crippen MR) is 178 cm³/mol. The largest absolute Gasteiger partial charge is 0.497 e. The Morgan fingerprint density at radius 3 is 2.13 bits per heavy atom. The molecule has 1 atom stereocenters. The molecule has 0 spiro atoms. The van der Waals surface area contributed by atoms with E-state index in [2.05, 4.69) is 5.32 Å². The molecule has 1 unspecified atom stereocenters. The summed E-state index contributed by atoms with van der Waals surface area (Å²) in [5.41, 5.74) is 2.55. The zero-order valence-electron chi connectivity index (χ0n) is 26.4. The molecule has 0 radical (unpaired) electrons. The van der Waals surface area contributed by atoms with Crippen molar-refractivity contribution in [2.24, 2.45) is 0 Å². The molecular formula is C36H40FN3O5S. The number of aryl methyl sites for hydroxylation is 1. The third-order valence-corrected chi connectivity index (χ3v) is 9.40. The average Bonchev–Trinajstić information content (AvgIpc) is 3.06. The average molecular weight is 646 g/mol. The fourth-order valence-corrected chi connectivity index (χ4v) is 6.38. The number of carbonyl (C=O) groups excluding carboxylic acids is 2. The van der Waals surface area contributed by atoms with Crippen molar-refractivity contribution in [1.29, 1.82) is 0 Å². The highest BCUT2D eigenvalue weighted by Crippen LogP contribution is 2.27. The van der Waals surface area contributed by atoms with Gasteiger partial charge in [-0.15, -0.1) is 0 Å². The molecule has 242 valence electrons. The van der Waals surface area contributed by atoms with Crippen LogP contribution in [0.2, 0.25) is 0 Å². The zero-order valence-corrected chi connectivity index (χ0v) is 27.2. The summed E-state index contributed by atoms with van der Waals surface area (Å²) in [6, 6.07) is 26.8. The zero-order chi connectivity index (χ0) is 33.1. The molecule has 10 heteroatoms. The number of hydrogen-bond acceptors (Lipinski definition) is 5. The number of methoxy groups -OCH3 is 1. The summed E-state index contributed by atoms with van der Waals surface area (Å²) in [7, 11) is -2.72. The third kappa shape index (κ3) is 8.94. The Labute approximate surface area is 270 Å². The van der Waals surface area contributed by atoms with Crippen LogP contribution in [0.25, 0.3) is 0 Å². The van der Waals surface area contributed by atoms with E-state index in [1.807, 2.05) is 44.2 Å². The Kier molecular flexibility index (Phi) is 11.9. The molecule has 8 nitrogen and oxygen atoms in total. The number of nitrogens with zero attached hydrogens (tertiary/aromatic N) is 2. The van der Waals surface area contributed by atoms with E-state index in [-0.39, 0.29) is 29.5 Å². The van der Waals surface area contributed by atoms with E-state index >= 15 is 0 Å². The van der Waals surface area contributed by atoms with Crippen molar-refractivity contribution < 1.29 is 27.1 Å². The summed E-state index contributed by atoms with van der Waals surface area (Å²) < 4.78 is 48.4. The highest BCUT2D eigenvalue weighted by atomic mass is 32.2. The van der Waals surface area contributed by atoms with E-state index in [1.54, 1.807) is 48.5 Å². The minimum absolute atomic E-state index is 0.0185. The third-order valence-electron chi connectivity index (χ3n) is 7.62. The molecule has 2 amide bonds. The standard InChI is InChI=1S/C36H40FN3O5S/c1-4-5-23-38-36(42)34(24-28-9-7-6-8-10-28)39(25-29-13-15-30(37)16-14-29)35(41)26-40(31-17-19-32(45-3)20-18-31)46(43,44)33-21-11-27(2)12-22-33/h6-22,34H,4-5,23-26H2,1-3H3,(H,38,42). The fraction of sp³-hybridized carbons (Fsp3) is 0.278. The summed E-state index contributed by atoms with van der Waals surface area (Å²) in [6.07, 6.45) is 1.82. The van der Waals surface area contributed by atoms with Crippen LogP contribution in [0, 0.1) is 12.7 Å². The molecule has 0 fully saturated rings. The summed E-state index contributed by atoms with van der Waals surface area (Å²) in [5.74, 6) is -0.866. The Hall–Kier alpha value is -4.70. The Balaban J connectivity index is 1.78. The Morgan fingerprint density at radius 1 is 0.870 bits per heavy atom. The number of sulfonamides is 1. The smallest absolute Gasteiger partial charge is 0.264 e. The van der Waals surface area contributed by atoms with E-state index in [4.69, 9.17) is 4.74 Å². The summed E-state index contributed by atoms with van der Waals surface area (Å²) in [6.45, 7) is 3.67. The topological polar surface area (TPSA) is 96.0 Å². The van der Waals surface area contributed by atoms with Crippen LogP contribution in [-0.4, -0.2) is 51.4 Å². The summed E-state index contributed by atoms with van der Waals surface area (Å²) in [4.78, 5) is 29.6. The lowest BCUT2D eigenvalue weighted by atomic mass is 10.0. The maximum Gasteiger partial charge on any atom is 0.264 e. The van der Waals surface area contributed by atoms with Crippen molar-refractivity contribution >= 4 is 27.5 Å². The predicted octanol–water partition coefficient (Wildman–Crippen LogP) is 5.89. The second kappa shape index (κ2) is 16.0. The molecule has 4 rings (SSSR count). The highest BCUT2D eigenvalue weighted by molar-refractivity contribution is 7.92. The first-order valence-corrected chi connectivity index (χ1v) is 16.7. The molecule has 46 heavy (non-hydrogen) atoms. The first-order valence-electron chi connectivity index (χ1n) is 15.2. The van der Waals surface area contributed by atoms with Crippen molar-refractivity contribution in [3.05, 3.63) is 126 Å². The van der Waals surface area contributed by atoms with Crippen molar-refractivity contribution in [2.45, 2.75) is 50.6 Å². The number of benzene rings is 4. The molecule has 4 aromatic rings. The van der Waals surface area contributed by atoms with Crippen LogP contribution in [0.3, 0.4) is 0 Å². The number of nitrogens with one attached hydrogen (secondary N) is 1. The Morgan fingerprint density at radius 2 is 1.52 bits per heavy atom. The number of rotatable bonds is 15. The second-order valence-electron chi connectivity index (χ2n) is 11.0. The monoisotopic (exact) mass is 645 g/mol. The van der Waals surface area contributed by atoms with Crippen LogP contribution in [0.15, 0.2) is 108 Å². The first-order chi connectivity index (χ1) is 22.1. The van der Waals surface area contributed by atoms with Crippen molar-refractivity contribution in [2.75, 3.05) is 24.5 Å². The number of halogens is 1. The fourth-order valence-electron chi connectivity index (χ4n) is 4.96. The molecule has 0 aliphatic rings. The van der Waals surface area contributed by atoms with Gasteiger partial charge in [-0.1, -0.05) is 73.5 Å². The van der Waals surface area contributed by atoms with E-state index < -0.39 is 34.3 Å². The van der Waals surface area contributed by atoms with Gasteiger partial charge in [-0.2, -0.15) is 0 Å². The minimum Gasteiger partial charge on any atom is -0.497 e. The molecule has 0 aliphatic heterocycles. The molecule has 4 aromatic carbocycles. The van der Waals surface area contributed by atoms with Gasteiger partial charge in [-0.25, -0.2) is 12.8 Å². The molecule has 0 aromatic heterocycles. The van der Waals surface area contributed by atoms with Crippen LogP contribution in [0.4, 0.5) is 10.1 Å². The molecular weight excluding hydrogens is 605 g/mol. The van der Waals surface area contributed by atoms with Gasteiger partial charge < -0.3 is 15.0 Å².